The second-order valence-electron chi connectivity index (χ2n) is 7.31. The highest BCUT2D eigenvalue weighted by Gasteiger charge is 2.03. The summed E-state index contributed by atoms with van der Waals surface area (Å²) in [4.78, 5) is 0. The minimum absolute atomic E-state index is 0.487. The van der Waals surface area contributed by atoms with E-state index >= 15 is 0 Å². The summed E-state index contributed by atoms with van der Waals surface area (Å²) < 4.78 is 0. The average molecular weight is 416 g/mol. The molecule has 0 bridgehead atoms. The van der Waals surface area contributed by atoms with Crippen molar-refractivity contribution in [1.29, 1.82) is 21.0 Å². The summed E-state index contributed by atoms with van der Waals surface area (Å²) in [5.74, 6) is 0. The maximum atomic E-state index is 9.07. The van der Waals surface area contributed by atoms with Gasteiger partial charge in [-0.1, -0.05) is 24.3 Å². The number of nitriles is 4. The van der Waals surface area contributed by atoms with Gasteiger partial charge in [-0.25, -0.2) is 0 Å². The van der Waals surface area contributed by atoms with E-state index in [2.05, 4.69) is 59.2 Å². The molecule has 0 saturated heterocycles. The van der Waals surface area contributed by atoms with E-state index in [9.17, 15) is 0 Å². The molecule has 0 aliphatic heterocycles. The standard InChI is InChI=1S/C26H20N6/c27-11-21-5-22(12-28)8-25(7-21)17-31-15-19-1-2-20(4-3-19)16-32-18-26-9-23(13-29)6-24(10-26)14-30/h1-10,31-32H,15-18H2. The van der Waals surface area contributed by atoms with Gasteiger partial charge in [0.15, 0.2) is 0 Å². The van der Waals surface area contributed by atoms with Gasteiger partial charge in [-0.2, -0.15) is 21.0 Å². The van der Waals surface area contributed by atoms with Gasteiger partial charge in [0, 0.05) is 26.2 Å². The molecule has 3 aromatic carbocycles. The van der Waals surface area contributed by atoms with Crippen LogP contribution in [0.15, 0.2) is 60.7 Å². The van der Waals surface area contributed by atoms with Crippen LogP contribution in [0.5, 0.6) is 0 Å². The minimum atomic E-state index is 0.487. The van der Waals surface area contributed by atoms with Crippen LogP contribution in [0.1, 0.15) is 44.5 Å². The first-order valence-corrected chi connectivity index (χ1v) is 10.0. The Kier molecular flexibility index (Phi) is 7.69. The molecule has 0 atom stereocenters. The van der Waals surface area contributed by atoms with Gasteiger partial charge in [-0.3, -0.25) is 0 Å². The minimum Gasteiger partial charge on any atom is -0.309 e. The zero-order valence-corrected chi connectivity index (χ0v) is 17.4. The number of benzene rings is 3. The van der Waals surface area contributed by atoms with Crippen molar-refractivity contribution in [2.24, 2.45) is 0 Å². The summed E-state index contributed by atoms with van der Waals surface area (Å²) in [5.41, 5.74) is 6.02. The van der Waals surface area contributed by atoms with Crippen LogP contribution in [-0.4, -0.2) is 0 Å². The molecule has 2 N–H and O–H groups in total. The Bertz CT molecular complexity index is 1100. The van der Waals surface area contributed by atoms with Crippen LogP contribution in [0, 0.1) is 45.3 Å². The van der Waals surface area contributed by atoms with Crippen molar-refractivity contribution >= 4 is 0 Å². The van der Waals surface area contributed by atoms with E-state index in [1.54, 1.807) is 36.4 Å². The van der Waals surface area contributed by atoms with Crippen molar-refractivity contribution in [3.8, 4) is 24.3 Å². The molecule has 0 amide bonds. The number of nitrogens with zero attached hydrogens (tertiary/aromatic N) is 4. The molecule has 0 fully saturated rings. The van der Waals surface area contributed by atoms with E-state index in [1.807, 2.05) is 0 Å². The lowest BCUT2D eigenvalue weighted by Gasteiger charge is -2.09. The summed E-state index contributed by atoms with van der Waals surface area (Å²) in [6.07, 6.45) is 0. The summed E-state index contributed by atoms with van der Waals surface area (Å²) in [6, 6.07) is 26.9. The van der Waals surface area contributed by atoms with Crippen LogP contribution in [0.2, 0.25) is 0 Å². The van der Waals surface area contributed by atoms with Gasteiger partial charge in [0.1, 0.15) is 0 Å². The van der Waals surface area contributed by atoms with E-state index in [1.165, 1.54) is 0 Å². The van der Waals surface area contributed by atoms with Crippen molar-refractivity contribution in [1.82, 2.24) is 10.6 Å². The van der Waals surface area contributed by atoms with Crippen LogP contribution < -0.4 is 10.6 Å². The molecule has 6 nitrogen and oxygen atoms in total. The quantitative estimate of drug-likeness (QED) is 0.577. The van der Waals surface area contributed by atoms with Crippen LogP contribution in [0.4, 0.5) is 0 Å². The first-order valence-electron chi connectivity index (χ1n) is 10.0. The molecule has 154 valence electrons. The highest BCUT2D eigenvalue weighted by atomic mass is 14.9. The van der Waals surface area contributed by atoms with Gasteiger partial charge in [-0.05, 0) is 58.7 Å². The molecule has 32 heavy (non-hydrogen) atoms. The highest BCUT2D eigenvalue weighted by molar-refractivity contribution is 5.43. The average Bonchev–Trinajstić information content (AvgIpc) is 2.84. The van der Waals surface area contributed by atoms with Gasteiger partial charge < -0.3 is 10.6 Å². The Labute approximate surface area is 187 Å². The van der Waals surface area contributed by atoms with Gasteiger partial charge in [-0.15, -0.1) is 0 Å². The van der Waals surface area contributed by atoms with E-state index in [0.29, 0.717) is 48.4 Å². The number of rotatable bonds is 8. The molecule has 0 heterocycles. The third-order valence-electron chi connectivity index (χ3n) is 4.84. The lowest BCUT2D eigenvalue weighted by molar-refractivity contribution is 0.685. The Hall–Kier alpha value is -4.46. The smallest absolute Gasteiger partial charge is 0.0992 e. The zero-order valence-electron chi connectivity index (χ0n) is 17.4. The lowest BCUT2D eigenvalue weighted by atomic mass is 10.1. The Morgan fingerprint density at radius 1 is 0.438 bits per heavy atom. The number of hydrogen-bond donors (Lipinski definition) is 2. The molecule has 3 rings (SSSR count). The molecular formula is C26H20N6. The predicted molar refractivity (Wildman–Crippen MR) is 119 cm³/mol. The molecule has 0 unspecified atom stereocenters. The topological polar surface area (TPSA) is 119 Å². The van der Waals surface area contributed by atoms with Crippen molar-refractivity contribution in [2.75, 3.05) is 0 Å². The van der Waals surface area contributed by atoms with Gasteiger partial charge in [0.05, 0.1) is 46.5 Å². The number of nitrogens with one attached hydrogen (secondary N) is 2. The van der Waals surface area contributed by atoms with E-state index in [0.717, 1.165) is 22.3 Å². The largest absolute Gasteiger partial charge is 0.309 e. The van der Waals surface area contributed by atoms with E-state index in [-0.39, 0.29) is 0 Å². The Balaban J connectivity index is 1.49. The molecule has 0 saturated carbocycles. The maximum Gasteiger partial charge on any atom is 0.0992 e. The summed E-state index contributed by atoms with van der Waals surface area (Å²) >= 11 is 0. The zero-order chi connectivity index (χ0) is 22.8. The Morgan fingerprint density at radius 2 is 0.719 bits per heavy atom. The molecule has 0 aliphatic carbocycles. The molecule has 0 aromatic heterocycles. The molecule has 0 aliphatic rings. The Morgan fingerprint density at radius 3 is 1.00 bits per heavy atom. The molecule has 0 radical (unpaired) electrons. The molecule has 6 heteroatoms. The van der Waals surface area contributed by atoms with Crippen LogP contribution >= 0.6 is 0 Å². The summed E-state index contributed by atoms with van der Waals surface area (Å²) in [5, 5.41) is 43.0. The lowest BCUT2D eigenvalue weighted by Crippen LogP contribution is -2.14. The van der Waals surface area contributed by atoms with Gasteiger partial charge in [0.2, 0.25) is 0 Å². The SMILES string of the molecule is N#Cc1cc(C#N)cc(CNCc2ccc(CNCc3cc(C#N)cc(C#N)c3)cc2)c1. The second kappa shape index (κ2) is 11.1. The van der Waals surface area contributed by atoms with Crippen molar-refractivity contribution in [2.45, 2.75) is 26.2 Å². The number of hydrogen-bond acceptors (Lipinski definition) is 6. The van der Waals surface area contributed by atoms with Crippen LogP contribution in [-0.2, 0) is 26.2 Å². The van der Waals surface area contributed by atoms with Crippen molar-refractivity contribution < 1.29 is 0 Å². The molecular weight excluding hydrogens is 396 g/mol. The summed E-state index contributed by atoms with van der Waals surface area (Å²) in [6.45, 7) is 2.48. The predicted octanol–water partition coefficient (Wildman–Crippen LogP) is 3.75. The maximum absolute atomic E-state index is 9.07. The summed E-state index contributed by atoms with van der Waals surface area (Å²) in [7, 11) is 0. The third-order valence-corrected chi connectivity index (χ3v) is 4.84. The first kappa shape index (κ1) is 22.2. The fourth-order valence-corrected chi connectivity index (χ4v) is 3.32. The van der Waals surface area contributed by atoms with E-state index in [4.69, 9.17) is 21.0 Å². The van der Waals surface area contributed by atoms with Gasteiger partial charge in [0.25, 0.3) is 0 Å². The fourth-order valence-electron chi connectivity index (χ4n) is 3.32. The van der Waals surface area contributed by atoms with Crippen molar-refractivity contribution in [3.63, 3.8) is 0 Å². The van der Waals surface area contributed by atoms with Gasteiger partial charge >= 0.3 is 0 Å². The normalized spacial score (nSPS) is 9.88. The monoisotopic (exact) mass is 416 g/mol. The van der Waals surface area contributed by atoms with Crippen molar-refractivity contribution in [3.05, 3.63) is 105 Å². The van der Waals surface area contributed by atoms with Crippen LogP contribution in [0.25, 0.3) is 0 Å². The molecule has 0 spiro atoms. The third kappa shape index (κ3) is 6.27. The van der Waals surface area contributed by atoms with E-state index < -0.39 is 0 Å². The first-order chi connectivity index (χ1) is 15.6. The highest BCUT2D eigenvalue weighted by Crippen LogP contribution is 2.11. The second-order valence-corrected chi connectivity index (χ2v) is 7.31. The van der Waals surface area contributed by atoms with Crippen LogP contribution in [0.3, 0.4) is 0 Å². The fraction of sp³-hybridized carbons (Fsp3) is 0.154. The molecule has 3 aromatic rings.